The van der Waals surface area contributed by atoms with Crippen LogP contribution < -0.4 is 0 Å². The molecule has 0 aromatic carbocycles. The summed E-state index contributed by atoms with van der Waals surface area (Å²) in [5, 5.41) is 0. The highest BCUT2D eigenvalue weighted by Crippen LogP contribution is 2.23. The second-order valence-corrected chi connectivity index (χ2v) is 4.12. The molecular weight excluding hydrogens is 158 g/mol. The van der Waals surface area contributed by atoms with Crippen LogP contribution in [0.4, 0.5) is 0 Å². The summed E-state index contributed by atoms with van der Waals surface area (Å²) in [5.74, 6) is 1.89. The molecule has 1 heteroatoms. The van der Waals surface area contributed by atoms with Crippen LogP contribution in [0.2, 0.25) is 0 Å². The topological polar surface area (TPSA) is 3.24 Å². The third kappa shape index (κ3) is 4.66. The van der Waals surface area contributed by atoms with E-state index in [4.69, 9.17) is 0 Å². The molecule has 0 aromatic heterocycles. The molecule has 1 heterocycles. The van der Waals surface area contributed by atoms with Crippen molar-refractivity contribution >= 4 is 0 Å². The van der Waals surface area contributed by atoms with Gasteiger partial charge in [-0.1, -0.05) is 41.0 Å². The SMILES string of the molecule is CC.CCCCN1CC(C(C)C)C1. The molecule has 0 bridgehead atoms. The van der Waals surface area contributed by atoms with E-state index in [1.54, 1.807) is 0 Å². The molecule has 1 nitrogen and oxygen atoms in total. The highest BCUT2D eigenvalue weighted by molar-refractivity contribution is 4.81. The molecule has 0 aliphatic carbocycles. The first-order chi connectivity index (χ1) is 6.24. The normalized spacial score (nSPS) is 18.0. The van der Waals surface area contributed by atoms with Crippen LogP contribution in [0, 0.1) is 11.8 Å². The number of unbranched alkanes of at least 4 members (excludes halogenated alkanes) is 1. The van der Waals surface area contributed by atoms with Crippen molar-refractivity contribution in [2.75, 3.05) is 19.6 Å². The van der Waals surface area contributed by atoms with Gasteiger partial charge in [-0.2, -0.15) is 0 Å². The van der Waals surface area contributed by atoms with Gasteiger partial charge >= 0.3 is 0 Å². The Morgan fingerprint density at radius 2 is 1.77 bits per heavy atom. The third-order valence-corrected chi connectivity index (χ3v) is 2.76. The Balaban J connectivity index is 0.000000671. The average Bonchev–Trinajstić information content (AvgIpc) is 2.05. The molecule has 1 rings (SSSR count). The van der Waals surface area contributed by atoms with Crippen LogP contribution in [0.1, 0.15) is 47.5 Å². The zero-order chi connectivity index (χ0) is 10.3. The van der Waals surface area contributed by atoms with Crippen molar-refractivity contribution in [2.45, 2.75) is 47.5 Å². The molecule has 0 aromatic rings. The van der Waals surface area contributed by atoms with Crippen LogP contribution in [0.5, 0.6) is 0 Å². The Morgan fingerprint density at radius 1 is 1.23 bits per heavy atom. The smallest absolute Gasteiger partial charge is 0.00245 e. The lowest BCUT2D eigenvalue weighted by Gasteiger charge is -2.41. The quantitative estimate of drug-likeness (QED) is 0.649. The van der Waals surface area contributed by atoms with E-state index in [1.807, 2.05) is 13.8 Å². The van der Waals surface area contributed by atoms with E-state index in [2.05, 4.69) is 25.7 Å². The van der Waals surface area contributed by atoms with Gasteiger partial charge in [0, 0.05) is 13.1 Å². The molecule has 80 valence electrons. The molecule has 0 atom stereocenters. The van der Waals surface area contributed by atoms with E-state index in [9.17, 15) is 0 Å². The summed E-state index contributed by atoms with van der Waals surface area (Å²) in [6, 6.07) is 0. The van der Waals surface area contributed by atoms with Crippen molar-refractivity contribution in [1.82, 2.24) is 4.90 Å². The molecular formula is C12H27N. The van der Waals surface area contributed by atoms with Crippen LogP contribution in [0.3, 0.4) is 0 Å². The van der Waals surface area contributed by atoms with Crippen LogP contribution in [0.15, 0.2) is 0 Å². The van der Waals surface area contributed by atoms with Gasteiger partial charge in [0.2, 0.25) is 0 Å². The predicted molar refractivity (Wildman–Crippen MR) is 61.0 cm³/mol. The van der Waals surface area contributed by atoms with Gasteiger partial charge in [0.1, 0.15) is 0 Å². The molecule has 0 spiro atoms. The van der Waals surface area contributed by atoms with Gasteiger partial charge in [-0.3, -0.25) is 0 Å². The summed E-state index contributed by atoms with van der Waals surface area (Å²) in [5.41, 5.74) is 0. The Morgan fingerprint density at radius 3 is 2.15 bits per heavy atom. The third-order valence-electron chi connectivity index (χ3n) is 2.76. The van der Waals surface area contributed by atoms with E-state index in [1.165, 1.54) is 32.5 Å². The van der Waals surface area contributed by atoms with Crippen molar-refractivity contribution < 1.29 is 0 Å². The molecule has 1 aliphatic heterocycles. The minimum absolute atomic E-state index is 0.896. The minimum atomic E-state index is 0.896. The van der Waals surface area contributed by atoms with Crippen molar-refractivity contribution in [2.24, 2.45) is 11.8 Å². The summed E-state index contributed by atoms with van der Waals surface area (Å²) in [4.78, 5) is 2.58. The lowest BCUT2D eigenvalue weighted by atomic mass is 9.88. The Hall–Kier alpha value is -0.0400. The van der Waals surface area contributed by atoms with Crippen molar-refractivity contribution in [3.05, 3.63) is 0 Å². The molecule has 0 N–H and O–H groups in total. The second kappa shape index (κ2) is 7.37. The van der Waals surface area contributed by atoms with Gasteiger partial charge in [0.05, 0.1) is 0 Å². The predicted octanol–water partition coefficient (Wildman–Crippen LogP) is 3.40. The number of hydrogen-bond donors (Lipinski definition) is 0. The largest absolute Gasteiger partial charge is 0.303 e. The first kappa shape index (κ1) is 13.0. The maximum atomic E-state index is 2.58. The summed E-state index contributed by atoms with van der Waals surface area (Å²) in [6.45, 7) is 15.0. The molecule has 0 radical (unpaired) electrons. The summed E-state index contributed by atoms with van der Waals surface area (Å²) in [7, 11) is 0. The standard InChI is InChI=1S/C10H21N.C2H6/c1-4-5-6-11-7-10(8-11)9(2)3;1-2/h9-10H,4-8H2,1-3H3;1-2H3. The molecule has 0 amide bonds. The van der Waals surface area contributed by atoms with Crippen molar-refractivity contribution in [3.63, 3.8) is 0 Å². The Labute approximate surface area is 84.5 Å². The van der Waals surface area contributed by atoms with Crippen molar-refractivity contribution in [1.29, 1.82) is 0 Å². The zero-order valence-corrected chi connectivity index (χ0v) is 10.1. The van der Waals surface area contributed by atoms with Gasteiger partial charge in [0.25, 0.3) is 0 Å². The van der Waals surface area contributed by atoms with Gasteiger partial charge in [-0.15, -0.1) is 0 Å². The van der Waals surface area contributed by atoms with Crippen LogP contribution in [0.25, 0.3) is 0 Å². The van der Waals surface area contributed by atoms with Crippen molar-refractivity contribution in [3.8, 4) is 0 Å². The summed E-state index contributed by atoms with van der Waals surface area (Å²) in [6.07, 6.45) is 2.72. The van der Waals surface area contributed by atoms with Gasteiger partial charge in [0.15, 0.2) is 0 Å². The maximum Gasteiger partial charge on any atom is 0.00245 e. The lowest BCUT2D eigenvalue weighted by Crippen LogP contribution is -2.49. The summed E-state index contributed by atoms with van der Waals surface area (Å²) >= 11 is 0. The maximum absolute atomic E-state index is 2.58. The summed E-state index contributed by atoms with van der Waals surface area (Å²) < 4.78 is 0. The highest BCUT2D eigenvalue weighted by atomic mass is 15.2. The van der Waals surface area contributed by atoms with Gasteiger partial charge in [-0.05, 0) is 24.8 Å². The Kier molecular flexibility index (Phi) is 7.35. The average molecular weight is 185 g/mol. The molecule has 13 heavy (non-hydrogen) atoms. The lowest BCUT2D eigenvalue weighted by molar-refractivity contribution is 0.0675. The molecule has 1 saturated heterocycles. The first-order valence-corrected chi connectivity index (χ1v) is 5.96. The van der Waals surface area contributed by atoms with E-state index in [0.717, 1.165) is 11.8 Å². The Bertz CT molecular complexity index is 104. The van der Waals surface area contributed by atoms with E-state index >= 15 is 0 Å². The number of likely N-dealkylation sites (tertiary alicyclic amines) is 1. The zero-order valence-electron chi connectivity index (χ0n) is 10.1. The van der Waals surface area contributed by atoms with E-state index in [0.29, 0.717) is 0 Å². The molecule has 0 unspecified atom stereocenters. The molecule has 1 aliphatic rings. The van der Waals surface area contributed by atoms with Crippen LogP contribution >= 0.6 is 0 Å². The molecule has 1 fully saturated rings. The number of rotatable bonds is 4. The second-order valence-electron chi connectivity index (χ2n) is 4.12. The number of nitrogens with zero attached hydrogens (tertiary/aromatic N) is 1. The molecule has 0 saturated carbocycles. The fourth-order valence-electron chi connectivity index (χ4n) is 1.60. The van der Waals surface area contributed by atoms with E-state index in [-0.39, 0.29) is 0 Å². The van der Waals surface area contributed by atoms with Crippen LogP contribution in [-0.2, 0) is 0 Å². The number of hydrogen-bond acceptors (Lipinski definition) is 1. The fourth-order valence-corrected chi connectivity index (χ4v) is 1.60. The van der Waals surface area contributed by atoms with E-state index < -0.39 is 0 Å². The first-order valence-electron chi connectivity index (χ1n) is 5.96. The fraction of sp³-hybridized carbons (Fsp3) is 1.00. The van der Waals surface area contributed by atoms with Gasteiger partial charge in [-0.25, -0.2) is 0 Å². The van der Waals surface area contributed by atoms with Gasteiger partial charge < -0.3 is 4.90 Å². The minimum Gasteiger partial charge on any atom is -0.303 e. The highest BCUT2D eigenvalue weighted by Gasteiger charge is 2.27. The van der Waals surface area contributed by atoms with Crippen LogP contribution in [-0.4, -0.2) is 24.5 Å². The monoisotopic (exact) mass is 185 g/mol.